The van der Waals surface area contributed by atoms with Gasteiger partial charge in [-0.1, -0.05) is 133 Å². The molecule has 0 spiro atoms. The Balaban J connectivity index is 1.12. The summed E-state index contributed by atoms with van der Waals surface area (Å²) < 4.78 is 12.7. The highest BCUT2D eigenvalue weighted by molar-refractivity contribution is 6.19. The molecule has 0 aliphatic heterocycles. The molecule has 0 fully saturated rings. The van der Waals surface area contributed by atoms with Crippen molar-refractivity contribution in [1.29, 1.82) is 0 Å². The Morgan fingerprint density at radius 3 is 1.67 bits per heavy atom. The van der Waals surface area contributed by atoms with Gasteiger partial charge in [0, 0.05) is 38.2 Å². The summed E-state index contributed by atoms with van der Waals surface area (Å²) in [6.45, 7) is 0. The normalized spacial score (nSPS) is 11.7. The molecule has 5 nitrogen and oxygen atoms in total. The predicted molar refractivity (Wildman–Crippen MR) is 219 cm³/mol. The average molecular weight is 692 g/mol. The summed E-state index contributed by atoms with van der Waals surface area (Å²) in [5.41, 5.74) is 10.5. The summed E-state index contributed by atoms with van der Waals surface area (Å²) in [6.07, 6.45) is 0. The van der Waals surface area contributed by atoms with Crippen LogP contribution in [0.5, 0.6) is 0 Å². The molecule has 5 heteroatoms. The summed E-state index contributed by atoms with van der Waals surface area (Å²) in [5.74, 6) is 1.77. The zero-order chi connectivity index (χ0) is 35.6. The minimum absolute atomic E-state index is 0.580. The lowest BCUT2D eigenvalue weighted by atomic mass is 10.0. The van der Waals surface area contributed by atoms with Gasteiger partial charge in [-0.3, -0.25) is 0 Å². The molecule has 0 saturated heterocycles. The molecular weight excluding hydrogens is 663 g/mol. The Morgan fingerprint density at radius 2 is 0.852 bits per heavy atom. The SMILES string of the molecule is c1ccc(-c2cccc(-c3nc(-c4ccc5c(ccc6oc7ccccc7c65)c4)nc(-c4cccc5oc6cc(-c7ccccc7)ccc6c45)n3)c2)cc1. The summed E-state index contributed by atoms with van der Waals surface area (Å²) in [7, 11) is 0. The van der Waals surface area contributed by atoms with Gasteiger partial charge in [0.15, 0.2) is 17.5 Å². The van der Waals surface area contributed by atoms with Crippen molar-refractivity contribution >= 4 is 54.6 Å². The van der Waals surface area contributed by atoms with E-state index in [9.17, 15) is 0 Å². The van der Waals surface area contributed by atoms with E-state index >= 15 is 0 Å². The standard InChI is InChI=1S/C49H29N3O2/c1-3-11-30(12-4-1)32-15-9-16-35(27-32)47-50-48(36-22-24-37-34(28-36)23-26-43-45(37)38-17-7-8-19-41(38)53-43)52-49(51-47)40-18-10-20-42-46(40)39-25-21-33(29-44(39)54-42)31-13-5-2-6-14-31/h1-29H. The molecule has 11 rings (SSSR count). The van der Waals surface area contributed by atoms with Crippen molar-refractivity contribution < 1.29 is 8.83 Å². The molecule has 252 valence electrons. The van der Waals surface area contributed by atoms with Crippen LogP contribution in [0.4, 0.5) is 0 Å². The fourth-order valence-electron chi connectivity index (χ4n) is 7.74. The molecule has 0 bridgehead atoms. The second-order valence-electron chi connectivity index (χ2n) is 13.6. The van der Waals surface area contributed by atoms with E-state index in [1.807, 2.05) is 36.4 Å². The molecule has 0 N–H and O–H groups in total. The number of furan rings is 2. The van der Waals surface area contributed by atoms with Crippen molar-refractivity contribution in [1.82, 2.24) is 15.0 Å². The summed E-state index contributed by atoms with van der Waals surface area (Å²) >= 11 is 0. The Bertz CT molecular complexity index is 3220. The van der Waals surface area contributed by atoms with Crippen molar-refractivity contribution in [2.24, 2.45) is 0 Å². The molecule has 54 heavy (non-hydrogen) atoms. The molecule has 11 aromatic rings. The van der Waals surface area contributed by atoms with Gasteiger partial charge < -0.3 is 8.83 Å². The second kappa shape index (κ2) is 12.1. The first-order valence-corrected chi connectivity index (χ1v) is 18.0. The fraction of sp³-hybridized carbons (Fsp3) is 0. The topological polar surface area (TPSA) is 65.0 Å². The van der Waals surface area contributed by atoms with Gasteiger partial charge in [-0.05, 0) is 75.5 Å². The van der Waals surface area contributed by atoms with Crippen LogP contribution >= 0.6 is 0 Å². The van der Waals surface area contributed by atoms with Gasteiger partial charge in [0.1, 0.15) is 22.3 Å². The van der Waals surface area contributed by atoms with Gasteiger partial charge in [0.2, 0.25) is 0 Å². The second-order valence-corrected chi connectivity index (χ2v) is 13.6. The first-order valence-electron chi connectivity index (χ1n) is 18.0. The molecule has 3 heterocycles. The van der Waals surface area contributed by atoms with Crippen LogP contribution in [0.1, 0.15) is 0 Å². The predicted octanol–water partition coefficient (Wildman–Crippen LogP) is 13.2. The smallest absolute Gasteiger partial charge is 0.164 e. The lowest BCUT2D eigenvalue weighted by molar-refractivity contribution is 0.669. The molecule has 0 saturated carbocycles. The number of nitrogens with zero attached hydrogens (tertiary/aromatic N) is 3. The highest BCUT2D eigenvalue weighted by atomic mass is 16.3. The van der Waals surface area contributed by atoms with E-state index < -0.39 is 0 Å². The van der Waals surface area contributed by atoms with Crippen molar-refractivity contribution in [2.45, 2.75) is 0 Å². The summed E-state index contributed by atoms with van der Waals surface area (Å²) in [6, 6.07) is 60.4. The van der Waals surface area contributed by atoms with Crippen LogP contribution in [0, 0.1) is 0 Å². The zero-order valence-electron chi connectivity index (χ0n) is 28.9. The van der Waals surface area contributed by atoms with Gasteiger partial charge in [0.05, 0.1) is 0 Å². The van der Waals surface area contributed by atoms with E-state index in [4.69, 9.17) is 23.8 Å². The van der Waals surface area contributed by atoms with Crippen LogP contribution in [0.25, 0.3) is 111 Å². The first kappa shape index (κ1) is 30.3. The Kier molecular flexibility index (Phi) is 6.79. The number of rotatable bonds is 5. The van der Waals surface area contributed by atoms with Crippen LogP contribution in [-0.4, -0.2) is 15.0 Å². The maximum Gasteiger partial charge on any atom is 0.164 e. The van der Waals surface area contributed by atoms with Crippen molar-refractivity contribution in [2.75, 3.05) is 0 Å². The van der Waals surface area contributed by atoms with Crippen LogP contribution in [0.2, 0.25) is 0 Å². The maximum atomic E-state index is 6.50. The average Bonchev–Trinajstić information content (AvgIpc) is 3.82. The molecule has 0 amide bonds. The Morgan fingerprint density at radius 1 is 0.296 bits per heavy atom. The molecular formula is C49H29N3O2. The van der Waals surface area contributed by atoms with Gasteiger partial charge >= 0.3 is 0 Å². The van der Waals surface area contributed by atoms with Crippen LogP contribution in [-0.2, 0) is 0 Å². The third-order valence-corrected chi connectivity index (χ3v) is 10.3. The highest BCUT2D eigenvalue weighted by Gasteiger charge is 2.19. The van der Waals surface area contributed by atoms with E-state index in [1.165, 1.54) is 0 Å². The minimum atomic E-state index is 0.580. The van der Waals surface area contributed by atoms with Crippen molar-refractivity contribution in [3.05, 3.63) is 176 Å². The summed E-state index contributed by atoms with van der Waals surface area (Å²) in [4.78, 5) is 15.6. The van der Waals surface area contributed by atoms with E-state index in [-0.39, 0.29) is 0 Å². The van der Waals surface area contributed by atoms with E-state index in [0.29, 0.717) is 17.5 Å². The quantitative estimate of drug-likeness (QED) is 0.180. The number of aromatic nitrogens is 3. The number of hydrogen-bond acceptors (Lipinski definition) is 5. The molecule has 8 aromatic carbocycles. The first-order chi connectivity index (χ1) is 26.7. The highest BCUT2D eigenvalue weighted by Crippen LogP contribution is 2.40. The number of hydrogen-bond donors (Lipinski definition) is 0. The molecule has 0 aliphatic rings. The minimum Gasteiger partial charge on any atom is -0.456 e. The Labute approximate surface area is 309 Å². The van der Waals surface area contributed by atoms with Gasteiger partial charge in [-0.25, -0.2) is 15.0 Å². The van der Waals surface area contributed by atoms with Crippen molar-refractivity contribution in [3.8, 4) is 56.4 Å². The fourth-order valence-corrected chi connectivity index (χ4v) is 7.74. The van der Waals surface area contributed by atoms with Gasteiger partial charge in [0.25, 0.3) is 0 Å². The molecule has 0 unspecified atom stereocenters. The molecule has 3 aromatic heterocycles. The zero-order valence-corrected chi connectivity index (χ0v) is 28.9. The van der Waals surface area contributed by atoms with Gasteiger partial charge in [-0.2, -0.15) is 0 Å². The lowest BCUT2D eigenvalue weighted by Crippen LogP contribution is -2.00. The molecule has 0 atom stereocenters. The van der Waals surface area contributed by atoms with Crippen LogP contribution in [0.3, 0.4) is 0 Å². The van der Waals surface area contributed by atoms with E-state index in [1.54, 1.807) is 0 Å². The number of fused-ring (bicyclic) bond motifs is 8. The third-order valence-electron chi connectivity index (χ3n) is 10.3. The monoisotopic (exact) mass is 691 g/mol. The molecule has 0 aliphatic carbocycles. The molecule has 0 radical (unpaired) electrons. The van der Waals surface area contributed by atoms with Gasteiger partial charge in [-0.15, -0.1) is 0 Å². The largest absolute Gasteiger partial charge is 0.456 e. The maximum absolute atomic E-state index is 6.50. The number of para-hydroxylation sites is 1. The summed E-state index contributed by atoms with van der Waals surface area (Å²) in [5, 5.41) is 6.40. The van der Waals surface area contributed by atoms with Crippen molar-refractivity contribution in [3.63, 3.8) is 0 Å². The third kappa shape index (κ3) is 4.98. The Hall–Kier alpha value is -7.37. The van der Waals surface area contributed by atoms with E-state index in [2.05, 4.69) is 140 Å². The van der Waals surface area contributed by atoms with Crippen LogP contribution in [0.15, 0.2) is 185 Å². The lowest BCUT2D eigenvalue weighted by Gasteiger charge is -2.11. The van der Waals surface area contributed by atoms with E-state index in [0.717, 1.165) is 93.6 Å². The number of benzene rings is 8. The van der Waals surface area contributed by atoms with Crippen LogP contribution < -0.4 is 0 Å².